The lowest BCUT2D eigenvalue weighted by Crippen LogP contribution is -2.33. The van der Waals surface area contributed by atoms with Crippen LogP contribution < -0.4 is 15.5 Å². The topological polar surface area (TPSA) is 76.9 Å². The van der Waals surface area contributed by atoms with Gasteiger partial charge in [0.25, 0.3) is 0 Å². The molecule has 0 amide bonds. The summed E-state index contributed by atoms with van der Waals surface area (Å²) >= 11 is 0. The van der Waals surface area contributed by atoms with Crippen LogP contribution in [0.2, 0.25) is 0 Å². The largest absolute Gasteiger partial charge is 0.355 e. The molecule has 1 aromatic carbocycles. The van der Waals surface area contributed by atoms with Crippen molar-refractivity contribution in [2.75, 3.05) is 29.9 Å². The first kappa shape index (κ1) is 22.0. The van der Waals surface area contributed by atoms with Crippen LogP contribution in [0, 0.1) is 11.3 Å². The quantitative estimate of drug-likeness (QED) is 0.522. The monoisotopic (exact) mass is 406 g/mol. The van der Waals surface area contributed by atoms with E-state index < -0.39 is 0 Å². The third-order valence-corrected chi connectivity index (χ3v) is 5.50. The van der Waals surface area contributed by atoms with Crippen molar-refractivity contribution in [1.82, 2.24) is 15.3 Å². The van der Waals surface area contributed by atoms with Crippen LogP contribution in [-0.2, 0) is 6.42 Å². The van der Waals surface area contributed by atoms with E-state index in [0.29, 0.717) is 17.6 Å². The van der Waals surface area contributed by atoms with Gasteiger partial charge in [-0.2, -0.15) is 10.2 Å². The summed E-state index contributed by atoms with van der Waals surface area (Å²) in [7, 11) is 0. The van der Waals surface area contributed by atoms with Gasteiger partial charge in [-0.3, -0.25) is 0 Å². The molecular weight excluding hydrogens is 372 g/mol. The number of nitrogens with one attached hydrogen (secondary N) is 2. The van der Waals surface area contributed by atoms with Crippen molar-refractivity contribution in [3.8, 4) is 6.07 Å². The molecule has 6 nitrogen and oxygen atoms in total. The van der Waals surface area contributed by atoms with E-state index in [1.807, 2.05) is 18.2 Å². The molecule has 2 N–H and O–H groups in total. The van der Waals surface area contributed by atoms with Gasteiger partial charge in [0.15, 0.2) is 0 Å². The van der Waals surface area contributed by atoms with E-state index >= 15 is 0 Å². The van der Waals surface area contributed by atoms with E-state index in [1.165, 1.54) is 25.7 Å². The molecule has 0 bridgehead atoms. The second-order valence-electron chi connectivity index (χ2n) is 8.06. The van der Waals surface area contributed by atoms with Crippen molar-refractivity contribution in [1.29, 1.82) is 5.26 Å². The highest BCUT2D eigenvalue weighted by Crippen LogP contribution is 2.23. The first-order valence-corrected chi connectivity index (χ1v) is 11.3. The van der Waals surface area contributed by atoms with Crippen molar-refractivity contribution < 1.29 is 0 Å². The van der Waals surface area contributed by atoms with Gasteiger partial charge < -0.3 is 15.5 Å². The van der Waals surface area contributed by atoms with Crippen LogP contribution in [0.4, 0.5) is 17.5 Å². The van der Waals surface area contributed by atoms with Gasteiger partial charge in [0, 0.05) is 36.6 Å². The number of rotatable bonds is 11. The van der Waals surface area contributed by atoms with Gasteiger partial charge in [-0.15, -0.1) is 0 Å². The number of aromatic nitrogens is 2. The summed E-state index contributed by atoms with van der Waals surface area (Å²) < 4.78 is 0. The smallest absolute Gasteiger partial charge is 0.229 e. The lowest BCUT2D eigenvalue weighted by atomic mass is 10.2. The Balaban J connectivity index is 1.66. The normalized spacial score (nSPS) is 15.9. The van der Waals surface area contributed by atoms with Crippen LogP contribution in [0.5, 0.6) is 0 Å². The number of anilines is 3. The molecule has 0 unspecified atom stereocenters. The number of hydrogen-bond acceptors (Lipinski definition) is 6. The summed E-state index contributed by atoms with van der Waals surface area (Å²) in [5.41, 5.74) is 2.51. The molecule has 1 aromatic heterocycles. The summed E-state index contributed by atoms with van der Waals surface area (Å²) in [4.78, 5) is 11.9. The van der Waals surface area contributed by atoms with E-state index in [0.717, 1.165) is 56.1 Å². The fraction of sp³-hybridized carbons (Fsp3) is 0.542. The van der Waals surface area contributed by atoms with Crippen molar-refractivity contribution in [3.63, 3.8) is 0 Å². The summed E-state index contributed by atoms with van der Waals surface area (Å²) in [6, 6.07) is 12.3. The van der Waals surface area contributed by atoms with Gasteiger partial charge in [-0.25, -0.2) is 4.98 Å². The lowest BCUT2D eigenvalue weighted by Gasteiger charge is -2.20. The first-order chi connectivity index (χ1) is 14.7. The van der Waals surface area contributed by atoms with E-state index in [9.17, 15) is 0 Å². The second-order valence-corrected chi connectivity index (χ2v) is 8.06. The van der Waals surface area contributed by atoms with Crippen LogP contribution >= 0.6 is 0 Å². The summed E-state index contributed by atoms with van der Waals surface area (Å²) in [5.74, 6) is 1.59. The number of unbranched alkanes of at least 4 members (excludes halogenated alkanes) is 3. The third kappa shape index (κ3) is 6.43. The Bertz CT molecular complexity index is 844. The van der Waals surface area contributed by atoms with Crippen molar-refractivity contribution in [3.05, 3.63) is 41.6 Å². The van der Waals surface area contributed by atoms with Gasteiger partial charge >= 0.3 is 0 Å². The predicted octanol–water partition coefficient (Wildman–Crippen LogP) is 4.79. The highest BCUT2D eigenvalue weighted by atomic mass is 15.3. The second kappa shape index (κ2) is 11.5. The average Bonchev–Trinajstić information content (AvgIpc) is 3.23. The van der Waals surface area contributed by atoms with Crippen LogP contribution in [0.3, 0.4) is 0 Å². The Morgan fingerprint density at radius 3 is 2.83 bits per heavy atom. The Morgan fingerprint density at radius 2 is 2.03 bits per heavy atom. The molecule has 30 heavy (non-hydrogen) atoms. The SMILES string of the molecule is CCCCCCN[C@H]1CCN(c2cc(CCC)nc(Nc3cccc(C#N)c3)n2)C1. The molecule has 2 aromatic rings. The maximum absolute atomic E-state index is 9.14. The number of nitrogens with zero attached hydrogens (tertiary/aromatic N) is 4. The molecular formula is C24H34N6. The fourth-order valence-corrected chi connectivity index (χ4v) is 3.87. The highest BCUT2D eigenvalue weighted by molar-refractivity contribution is 5.58. The molecule has 1 fully saturated rings. The number of nitriles is 1. The zero-order valence-electron chi connectivity index (χ0n) is 18.3. The van der Waals surface area contributed by atoms with Crippen molar-refractivity contribution in [2.45, 2.75) is 64.8 Å². The van der Waals surface area contributed by atoms with Crippen LogP contribution in [0.1, 0.15) is 63.6 Å². The molecule has 1 atom stereocenters. The molecule has 160 valence electrons. The van der Waals surface area contributed by atoms with Gasteiger partial charge in [0.05, 0.1) is 11.6 Å². The molecule has 2 heterocycles. The van der Waals surface area contributed by atoms with Crippen LogP contribution in [-0.4, -0.2) is 35.6 Å². The minimum atomic E-state index is 0.528. The van der Waals surface area contributed by atoms with Gasteiger partial charge in [0.1, 0.15) is 5.82 Å². The molecule has 0 radical (unpaired) electrons. The maximum Gasteiger partial charge on any atom is 0.229 e. The molecule has 3 rings (SSSR count). The number of hydrogen-bond donors (Lipinski definition) is 2. The van der Waals surface area contributed by atoms with E-state index in [1.54, 1.807) is 6.07 Å². The predicted molar refractivity (Wildman–Crippen MR) is 123 cm³/mol. The van der Waals surface area contributed by atoms with Crippen molar-refractivity contribution in [2.24, 2.45) is 0 Å². The average molecular weight is 407 g/mol. The van der Waals surface area contributed by atoms with Crippen molar-refractivity contribution >= 4 is 17.5 Å². The Labute approximate surface area is 180 Å². The van der Waals surface area contributed by atoms with Gasteiger partial charge in [-0.05, 0) is 44.0 Å². The van der Waals surface area contributed by atoms with Crippen LogP contribution in [0.15, 0.2) is 30.3 Å². The zero-order valence-corrected chi connectivity index (χ0v) is 18.3. The maximum atomic E-state index is 9.14. The lowest BCUT2D eigenvalue weighted by molar-refractivity contribution is 0.522. The first-order valence-electron chi connectivity index (χ1n) is 11.3. The number of aryl methyl sites for hydroxylation is 1. The third-order valence-electron chi connectivity index (χ3n) is 5.50. The Morgan fingerprint density at radius 1 is 1.13 bits per heavy atom. The summed E-state index contributed by atoms with van der Waals surface area (Å²) in [6.07, 6.45) is 8.29. The molecule has 1 aliphatic rings. The Hall–Kier alpha value is -2.65. The van der Waals surface area contributed by atoms with Gasteiger partial charge in [0.2, 0.25) is 5.95 Å². The molecule has 1 saturated heterocycles. The summed E-state index contributed by atoms with van der Waals surface area (Å²) in [6.45, 7) is 7.52. The van der Waals surface area contributed by atoms with Gasteiger partial charge in [-0.1, -0.05) is 45.6 Å². The minimum Gasteiger partial charge on any atom is -0.355 e. The zero-order chi connectivity index (χ0) is 21.2. The van der Waals surface area contributed by atoms with Crippen LogP contribution in [0.25, 0.3) is 0 Å². The summed E-state index contributed by atoms with van der Waals surface area (Å²) in [5, 5.41) is 16.1. The highest BCUT2D eigenvalue weighted by Gasteiger charge is 2.23. The minimum absolute atomic E-state index is 0.528. The molecule has 1 aliphatic heterocycles. The standard InChI is InChI=1S/C24H34N6/c1-3-5-6-7-13-26-22-12-14-30(18-22)23-16-20(9-4-2)27-24(29-23)28-21-11-8-10-19(15-21)17-25/h8,10-11,15-16,22,26H,3-7,9,12-14,18H2,1-2H3,(H,27,28,29)/t22-/m0/s1. The molecule has 0 saturated carbocycles. The molecule has 0 spiro atoms. The number of benzene rings is 1. The van der Waals surface area contributed by atoms with E-state index in [-0.39, 0.29) is 0 Å². The fourth-order valence-electron chi connectivity index (χ4n) is 3.87. The molecule has 0 aliphatic carbocycles. The van der Waals surface area contributed by atoms with E-state index in [4.69, 9.17) is 15.2 Å². The van der Waals surface area contributed by atoms with E-state index in [2.05, 4.69) is 41.5 Å². The Kier molecular flexibility index (Phi) is 8.46. The molecule has 6 heteroatoms.